The number of rotatable bonds is 4. The highest BCUT2D eigenvalue weighted by molar-refractivity contribution is 9.10. The van der Waals surface area contributed by atoms with Gasteiger partial charge in [-0.25, -0.2) is 0 Å². The van der Waals surface area contributed by atoms with Crippen LogP contribution < -0.4 is 5.32 Å². The Morgan fingerprint density at radius 1 is 1.50 bits per heavy atom. The standard InChI is InChI=1S/C12H14BrNO2/c13-9-3-4-10(11(15)7-9)12(16)14-6-5-8-1-2-8/h3-4,7-8,15H,1-2,5-6H2,(H,14,16). The zero-order valence-corrected chi connectivity index (χ0v) is 10.5. The number of phenolic OH excluding ortho intramolecular Hbond substituents is 1. The summed E-state index contributed by atoms with van der Waals surface area (Å²) in [6.45, 7) is 0.693. The summed E-state index contributed by atoms with van der Waals surface area (Å²) < 4.78 is 0.763. The molecular weight excluding hydrogens is 270 g/mol. The molecule has 0 aromatic heterocycles. The first-order valence-corrected chi connectivity index (χ1v) is 6.23. The molecule has 1 amide bonds. The summed E-state index contributed by atoms with van der Waals surface area (Å²) in [4.78, 5) is 11.7. The Balaban J connectivity index is 1.91. The molecular formula is C12H14BrNO2. The van der Waals surface area contributed by atoms with Crippen LogP contribution >= 0.6 is 15.9 Å². The van der Waals surface area contributed by atoms with Crippen molar-refractivity contribution >= 4 is 21.8 Å². The summed E-state index contributed by atoms with van der Waals surface area (Å²) >= 11 is 3.23. The molecule has 86 valence electrons. The molecule has 1 aliphatic carbocycles. The van der Waals surface area contributed by atoms with E-state index >= 15 is 0 Å². The number of hydrogen-bond acceptors (Lipinski definition) is 2. The summed E-state index contributed by atoms with van der Waals surface area (Å²) in [5.74, 6) is 0.614. The maximum absolute atomic E-state index is 11.7. The number of amides is 1. The number of phenols is 1. The SMILES string of the molecule is O=C(NCCC1CC1)c1ccc(Br)cc1O. The second-order valence-corrected chi connectivity index (χ2v) is 5.07. The predicted molar refractivity (Wildman–Crippen MR) is 65.5 cm³/mol. The van der Waals surface area contributed by atoms with E-state index < -0.39 is 0 Å². The van der Waals surface area contributed by atoms with Gasteiger partial charge < -0.3 is 10.4 Å². The number of carbonyl (C=O) groups is 1. The van der Waals surface area contributed by atoms with E-state index in [9.17, 15) is 9.90 Å². The second kappa shape index (κ2) is 4.87. The van der Waals surface area contributed by atoms with Gasteiger partial charge in [0.1, 0.15) is 5.75 Å². The fourth-order valence-electron chi connectivity index (χ4n) is 1.59. The van der Waals surface area contributed by atoms with Gasteiger partial charge in [0, 0.05) is 11.0 Å². The number of aromatic hydroxyl groups is 1. The number of halogens is 1. The van der Waals surface area contributed by atoms with Crippen LogP contribution in [0.5, 0.6) is 5.75 Å². The molecule has 0 heterocycles. The monoisotopic (exact) mass is 283 g/mol. The lowest BCUT2D eigenvalue weighted by molar-refractivity contribution is 0.0950. The molecule has 16 heavy (non-hydrogen) atoms. The lowest BCUT2D eigenvalue weighted by Gasteiger charge is -2.06. The van der Waals surface area contributed by atoms with Crippen molar-refractivity contribution in [3.8, 4) is 5.75 Å². The number of benzene rings is 1. The molecule has 2 N–H and O–H groups in total. The highest BCUT2D eigenvalue weighted by atomic mass is 79.9. The van der Waals surface area contributed by atoms with Gasteiger partial charge in [0.15, 0.2) is 0 Å². The molecule has 0 unspecified atom stereocenters. The molecule has 0 atom stereocenters. The molecule has 0 bridgehead atoms. The topological polar surface area (TPSA) is 49.3 Å². The first-order valence-electron chi connectivity index (χ1n) is 5.43. The third-order valence-electron chi connectivity index (χ3n) is 2.74. The van der Waals surface area contributed by atoms with E-state index in [1.807, 2.05) is 0 Å². The van der Waals surface area contributed by atoms with Crippen molar-refractivity contribution < 1.29 is 9.90 Å². The molecule has 0 saturated heterocycles. The maximum Gasteiger partial charge on any atom is 0.255 e. The molecule has 4 heteroatoms. The van der Waals surface area contributed by atoms with Gasteiger partial charge in [0.2, 0.25) is 0 Å². The predicted octanol–water partition coefficient (Wildman–Crippen LogP) is 2.68. The average Bonchev–Trinajstić information content (AvgIpc) is 3.01. The highest BCUT2D eigenvalue weighted by Gasteiger charge is 2.21. The first kappa shape index (κ1) is 11.5. The molecule has 2 rings (SSSR count). The third-order valence-corrected chi connectivity index (χ3v) is 3.23. The van der Waals surface area contributed by atoms with Crippen molar-refractivity contribution in [3.05, 3.63) is 28.2 Å². The second-order valence-electron chi connectivity index (χ2n) is 4.15. The minimum Gasteiger partial charge on any atom is -0.507 e. The summed E-state index contributed by atoms with van der Waals surface area (Å²) in [6, 6.07) is 4.89. The Morgan fingerprint density at radius 3 is 2.88 bits per heavy atom. The van der Waals surface area contributed by atoms with Crippen LogP contribution in [0.25, 0.3) is 0 Å². The molecule has 1 saturated carbocycles. The summed E-state index contributed by atoms with van der Waals surface area (Å²) in [5, 5.41) is 12.4. The maximum atomic E-state index is 11.7. The van der Waals surface area contributed by atoms with Crippen molar-refractivity contribution in [2.45, 2.75) is 19.3 Å². The first-order chi connectivity index (χ1) is 7.66. The molecule has 0 spiro atoms. The number of nitrogens with one attached hydrogen (secondary N) is 1. The summed E-state index contributed by atoms with van der Waals surface area (Å²) in [6.07, 6.45) is 3.63. The van der Waals surface area contributed by atoms with Crippen LogP contribution in [-0.2, 0) is 0 Å². The van der Waals surface area contributed by atoms with Crippen LogP contribution in [0.4, 0.5) is 0 Å². The van der Waals surface area contributed by atoms with Gasteiger partial charge >= 0.3 is 0 Å². The van der Waals surface area contributed by atoms with Crippen molar-refractivity contribution in [2.24, 2.45) is 5.92 Å². The van der Waals surface area contributed by atoms with Crippen LogP contribution in [0.3, 0.4) is 0 Å². The van der Waals surface area contributed by atoms with E-state index in [0.29, 0.717) is 12.1 Å². The zero-order chi connectivity index (χ0) is 11.5. The largest absolute Gasteiger partial charge is 0.507 e. The Hall–Kier alpha value is -1.03. The minimum atomic E-state index is -0.203. The van der Waals surface area contributed by atoms with Crippen LogP contribution in [0.15, 0.2) is 22.7 Å². The molecule has 1 aromatic rings. The van der Waals surface area contributed by atoms with Crippen molar-refractivity contribution in [3.63, 3.8) is 0 Å². The Morgan fingerprint density at radius 2 is 2.25 bits per heavy atom. The molecule has 1 aromatic carbocycles. The smallest absolute Gasteiger partial charge is 0.255 e. The summed E-state index contributed by atoms with van der Waals surface area (Å²) in [5.41, 5.74) is 0.332. The number of hydrogen-bond donors (Lipinski definition) is 2. The third kappa shape index (κ3) is 2.98. The van der Waals surface area contributed by atoms with Crippen LogP contribution in [0.1, 0.15) is 29.6 Å². The molecule has 0 radical (unpaired) electrons. The van der Waals surface area contributed by atoms with Crippen molar-refractivity contribution in [2.75, 3.05) is 6.54 Å². The minimum absolute atomic E-state index is 0.0123. The Kier molecular flexibility index (Phi) is 3.49. The van der Waals surface area contributed by atoms with Gasteiger partial charge in [0.05, 0.1) is 5.56 Å². The normalized spacial score (nSPS) is 14.8. The fraction of sp³-hybridized carbons (Fsp3) is 0.417. The van der Waals surface area contributed by atoms with E-state index in [0.717, 1.165) is 16.8 Å². The molecule has 3 nitrogen and oxygen atoms in total. The van der Waals surface area contributed by atoms with Gasteiger partial charge in [-0.2, -0.15) is 0 Å². The summed E-state index contributed by atoms with van der Waals surface area (Å²) in [7, 11) is 0. The van der Waals surface area contributed by atoms with Crippen LogP contribution in [-0.4, -0.2) is 17.6 Å². The van der Waals surface area contributed by atoms with Gasteiger partial charge in [-0.3, -0.25) is 4.79 Å². The van der Waals surface area contributed by atoms with E-state index in [1.54, 1.807) is 12.1 Å². The van der Waals surface area contributed by atoms with E-state index in [4.69, 9.17) is 0 Å². The molecule has 0 aliphatic heterocycles. The van der Waals surface area contributed by atoms with Crippen molar-refractivity contribution in [1.29, 1.82) is 0 Å². The van der Waals surface area contributed by atoms with Gasteiger partial charge in [0.25, 0.3) is 5.91 Å². The van der Waals surface area contributed by atoms with E-state index in [-0.39, 0.29) is 11.7 Å². The van der Waals surface area contributed by atoms with Crippen LogP contribution in [0, 0.1) is 5.92 Å². The van der Waals surface area contributed by atoms with Gasteiger partial charge in [-0.05, 0) is 30.5 Å². The van der Waals surface area contributed by atoms with Crippen LogP contribution in [0.2, 0.25) is 0 Å². The average molecular weight is 284 g/mol. The zero-order valence-electron chi connectivity index (χ0n) is 8.87. The highest BCUT2D eigenvalue weighted by Crippen LogP contribution is 2.31. The fourth-order valence-corrected chi connectivity index (χ4v) is 1.94. The quantitative estimate of drug-likeness (QED) is 0.893. The van der Waals surface area contributed by atoms with E-state index in [1.165, 1.54) is 18.9 Å². The van der Waals surface area contributed by atoms with Crippen molar-refractivity contribution in [1.82, 2.24) is 5.32 Å². The number of carbonyl (C=O) groups excluding carboxylic acids is 1. The molecule has 1 fully saturated rings. The van der Waals surface area contributed by atoms with Gasteiger partial charge in [-0.15, -0.1) is 0 Å². The lowest BCUT2D eigenvalue weighted by Crippen LogP contribution is -2.24. The molecule has 1 aliphatic rings. The van der Waals surface area contributed by atoms with Gasteiger partial charge in [-0.1, -0.05) is 28.8 Å². The Bertz CT molecular complexity index is 402. The Labute approximate surface area is 103 Å². The van der Waals surface area contributed by atoms with E-state index in [2.05, 4.69) is 21.2 Å². The lowest BCUT2D eigenvalue weighted by atomic mass is 10.2.